The van der Waals surface area contributed by atoms with Crippen molar-refractivity contribution in [1.29, 1.82) is 0 Å². The molecule has 1 aromatic heterocycles. The molecule has 0 saturated carbocycles. The van der Waals surface area contributed by atoms with Crippen LogP contribution in [-0.4, -0.2) is 51.4 Å². The van der Waals surface area contributed by atoms with Crippen LogP contribution < -0.4 is 10.5 Å². The fraction of sp³-hybridized carbons (Fsp3) is 0.310. The van der Waals surface area contributed by atoms with Crippen molar-refractivity contribution in [2.24, 2.45) is 16.6 Å². The standard InChI is InChI=1S/C29H31N5O3S/c1-3-15-37-23-9-10-24(19(2)16-23)26-21(18-34(32-26)22-7-5-4-6-8-22)17-25-28(36)31-29(38-25)33-13-11-20(12-14-33)27(30)35/h4-10,16-18,20H,3,11-15H2,1-2H3,(H2,30,35). The number of hydrogen-bond acceptors (Lipinski definition) is 6. The molecule has 2 amide bonds. The number of benzene rings is 2. The van der Waals surface area contributed by atoms with E-state index in [9.17, 15) is 9.59 Å². The highest BCUT2D eigenvalue weighted by molar-refractivity contribution is 8.18. The zero-order valence-corrected chi connectivity index (χ0v) is 22.4. The molecule has 38 heavy (non-hydrogen) atoms. The first-order valence-electron chi connectivity index (χ1n) is 12.9. The average molecular weight is 530 g/mol. The van der Waals surface area contributed by atoms with E-state index in [2.05, 4.69) is 16.8 Å². The van der Waals surface area contributed by atoms with Gasteiger partial charge in [-0.05, 0) is 79.9 Å². The molecule has 2 N–H and O–H groups in total. The van der Waals surface area contributed by atoms with Crippen LogP contribution in [0.4, 0.5) is 0 Å². The van der Waals surface area contributed by atoms with Gasteiger partial charge in [-0.3, -0.25) is 9.59 Å². The molecule has 2 aromatic carbocycles. The van der Waals surface area contributed by atoms with E-state index in [1.165, 1.54) is 11.8 Å². The van der Waals surface area contributed by atoms with Crippen LogP contribution in [0.1, 0.15) is 37.3 Å². The number of nitrogens with zero attached hydrogens (tertiary/aromatic N) is 4. The molecular formula is C29H31N5O3S. The van der Waals surface area contributed by atoms with E-state index in [0.717, 1.165) is 40.2 Å². The van der Waals surface area contributed by atoms with Crippen molar-refractivity contribution in [2.45, 2.75) is 33.1 Å². The third-order valence-electron chi connectivity index (χ3n) is 6.75. The minimum atomic E-state index is -0.263. The summed E-state index contributed by atoms with van der Waals surface area (Å²) < 4.78 is 7.65. The number of aryl methyl sites for hydroxylation is 1. The molecule has 2 aliphatic rings. The number of likely N-dealkylation sites (tertiary alicyclic amines) is 1. The smallest absolute Gasteiger partial charge is 0.286 e. The maximum absolute atomic E-state index is 12.9. The molecule has 0 radical (unpaired) electrons. The van der Waals surface area contributed by atoms with Gasteiger partial charge in [0.25, 0.3) is 5.91 Å². The molecule has 1 fully saturated rings. The fourth-order valence-electron chi connectivity index (χ4n) is 4.66. The van der Waals surface area contributed by atoms with Crippen molar-refractivity contribution in [2.75, 3.05) is 19.7 Å². The van der Waals surface area contributed by atoms with E-state index in [1.807, 2.05) is 72.4 Å². The minimum Gasteiger partial charge on any atom is -0.494 e. The summed E-state index contributed by atoms with van der Waals surface area (Å²) >= 11 is 1.37. The van der Waals surface area contributed by atoms with Crippen LogP contribution in [0.15, 0.2) is 64.6 Å². The van der Waals surface area contributed by atoms with Gasteiger partial charge in [-0.1, -0.05) is 25.1 Å². The Labute approximate surface area is 226 Å². The average Bonchev–Trinajstić information content (AvgIpc) is 3.51. The Hall–Kier alpha value is -3.85. The summed E-state index contributed by atoms with van der Waals surface area (Å²) in [6, 6.07) is 15.9. The number of amidine groups is 1. The molecule has 8 nitrogen and oxygen atoms in total. The highest BCUT2D eigenvalue weighted by Crippen LogP contribution is 2.35. The summed E-state index contributed by atoms with van der Waals surface area (Å²) in [4.78, 5) is 31.4. The van der Waals surface area contributed by atoms with Crippen LogP contribution >= 0.6 is 11.8 Å². The number of ether oxygens (including phenoxy) is 1. The number of aromatic nitrogens is 2. The second-order valence-corrected chi connectivity index (χ2v) is 10.5. The van der Waals surface area contributed by atoms with Gasteiger partial charge in [0, 0.05) is 36.3 Å². The lowest BCUT2D eigenvalue weighted by atomic mass is 9.97. The van der Waals surface area contributed by atoms with Gasteiger partial charge < -0.3 is 15.4 Å². The van der Waals surface area contributed by atoms with Crippen molar-refractivity contribution in [3.63, 3.8) is 0 Å². The summed E-state index contributed by atoms with van der Waals surface area (Å²) in [5, 5.41) is 5.60. The molecule has 3 aromatic rings. The summed E-state index contributed by atoms with van der Waals surface area (Å²) in [5.74, 6) is 0.193. The van der Waals surface area contributed by atoms with Crippen molar-refractivity contribution >= 4 is 34.8 Å². The molecule has 1 saturated heterocycles. The highest BCUT2D eigenvalue weighted by Gasteiger charge is 2.31. The number of thioether (sulfide) groups is 1. The first-order chi connectivity index (χ1) is 18.4. The van der Waals surface area contributed by atoms with Gasteiger partial charge in [0.15, 0.2) is 5.17 Å². The molecule has 0 spiro atoms. The predicted octanol–water partition coefficient (Wildman–Crippen LogP) is 4.80. The maximum atomic E-state index is 12.9. The van der Waals surface area contributed by atoms with Gasteiger partial charge in [-0.25, -0.2) is 4.68 Å². The van der Waals surface area contributed by atoms with E-state index in [4.69, 9.17) is 15.6 Å². The molecule has 9 heteroatoms. The van der Waals surface area contributed by atoms with Crippen LogP contribution in [0.3, 0.4) is 0 Å². The van der Waals surface area contributed by atoms with Crippen molar-refractivity contribution in [1.82, 2.24) is 14.7 Å². The number of amides is 2. The third-order valence-corrected chi connectivity index (χ3v) is 7.80. The Morgan fingerprint density at radius 2 is 1.95 bits per heavy atom. The normalized spacial score (nSPS) is 17.2. The lowest BCUT2D eigenvalue weighted by Gasteiger charge is -2.31. The van der Waals surface area contributed by atoms with Gasteiger partial charge in [-0.2, -0.15) is 10.1 Å². The number of piperidine rings is 1. The second kappa shape index (κ2) is 11.3. The van der Waals surface area contributed by atoms with Crippen LogP contribution in [0.25, 0.3) is 23.0 Å². The molecule has 3 heterocycles. The summed E-state index contributed by atoms with van der Waals surface area (Å²) in [7, 11) is 0. The monoisotopic (exact) mass is 529 g/mol. The number of rotatable bonds is 7. The van der Waals surface area contributed by atoms with Gasteiger partial charge in [0.1, 0.15) is 11.4 Å². The summed E-state index contributed by atoms with van der Waals surface area (Å²) in [6.07, 6.45) is 6.12. The number of primary amides is 1. The van der Waals surface area contributed by atoms with E-state index >= 15 is 0 Å². The number of nitrogens with two attached hydrogens (primary N) is 1. The van der Waals surface area contributed by atoms with Gasteiger partial charge in [0.05, 0.1) is 17.2 Å². The number of aliphatic imine (C=N–C) groups is 1. The fourth-order valence-corrected chi connectivity index (χ4v) is 5.61. The molecular weight excluding hydrogens is 498 g/mol. The Morgan fingerprint density at radius 3 is 2.63 bits per heavy atom. The number of carbonyl (C=O) groups excluding carboxylic acids is 2. The Kier molecular flexibility index (Phi) is 7.64. The van der Waals surface area contributed by atoms with Crippen LogP contribution in [0, 0.1) is 12.8 Å². The molecule has 0 atom stereocenters. The van der Waals surface area contributed by atoms with Crippen LogP contribution in [0.5, 0.6) is 5.75 Å². The topological polar surface area (TPSA) is 103 Å². The quantitative estimate of drug-likeness (QED) is 0.441. The largest absolute Gasteiger partial charge is 0.494 e. The summed E-state index contributed by atoms with van der Waals surface area (Å²) in [5.41, 5.74) is 10.0. The number of para-hydroxylation sites is 1. The molecule has 0 bridgehead atoms. The molecule has 5 rings (SSSR count). The van der Waals surface area contributed by atoms with E-state index in [-0.39, 0.29) is 17.7 Å². The Balaban J connectivity index is 1.45. The molecule has 0 aliphatic carbocycles. The number of hydrogen-bond donors (Lipinski definition) is 1. The SMILES string of the molecule is CCCOc1ccc(-c2nn(-c3ccccc3)cc2C=C2SC(N3CCC(C(N)=O)CC3)=NC2=O)c(C)c1. The van der Waals surface area contributed by atoms with Crippen molar-refractivity contribution in [3.8, 4) is 22.7 Å². The zero-order chi connectivity index (χ0) is 26.6. The molecule has 196 valence electrons. The third kappa shape index (κ3) is 5.52. The highest BCUT2D eigenvalue weighted by atomic mass is 32.2. The van der Waals surface area contributed by atoms with Crippen molar-refractivity contribution < 1.29 is 14.3 Å². The zero-order valence-electron chi connectivity index (χ0n) is 21.6. The second-order valence-electron chi connectivity index (χ2n) is 9.51. The lowest BCUT2D eigenvalue weighted by Crippen LogP contribution is -2.40. The number of carbonyl (C=O) groups is 2. The summed E-state index contributed by atoms with van der Waals surface area (Å²) in [6.45, 7) is 6.10. The minimum absolute atomic E-state index is 0.114. The molecule has 0 unspecified atom stereocenters. The predicted molar refractivity (Wildman–Crippen MR) is 151 cm³/mol. The first kappa shape index (κ1) is 25.8. The Morgan fingerprint density at radius 1 is 1.18 bits per heavy atom. The maximum Gasteiger partial charge on any atom is 0.286 e. The van der Waals surface area contributed by atoms with Crippen LogP contribution in [-0.2, 0) is 9.59 Å². The first-order valence-corrected chi connectivity index (χ1v) is 13.7. The lowest BCUT2D eigenvalue weighted by molar-refractivity contribution is -0.123. The van der Waals surface area contributed by atoms with Crippen LogP contribution in [0.2, 0.25) is 0 Å². The Bertz CT molecular complexity index is 1400. The van der Waals surface area contributed by atoms with Gasteiger partial charge in [0.2, 0.25) is 5.91 Å². The van der Waals surface area contributed by atoms with E-state index in [0.29, 0.717) is 42.6 Å². The van der Waals surface area contributed by atoms with E-state index < -0.39 is 0 Å². The van der Waals surface area contributed by atoms with Gasteiger partial charge in [-0.15, -0.1) is 0 Å². The van der Waals surface area contributed by atoms with E-state index in [1.54, 1.807) is 0 Å². The molecule has 2 aliphatic heterocycles. The van der Waals surface area contributed by atoms with Gasteiger partial charge >= 0.3 is 0 Å². The van der Waals surface area contributed by atoms with Crippen molar-refractivity contribution in [3.05, 3.63) is 70.8 Å².